The van der Waals surface area contributed by atoms with Crippen LogP contribution in [0.1, 0.15) is 25.8 Å². The minimum Gasteiger partial charge on any atom is -0.495 e. The van der Waals surface area contributed by atoms with E-state index in [1.165, 1.54) is 0 Å². The van der Waals surface area contributed by atoms with E-state index in [1.807, 2.05) is 25.1 Å². The number of aliphatic carboxylic acids is 1. The van der Waals surface area contributed by atoms with Gasteiger partial charge < -0.3 is 14.7 Å². The molecule has 0 unspecified atom stereocenters. The molecular weight excluding hydrogens is 242 g/mol. The van der Waals surface area contributed by atoms with Gasteiger partial charge in [-0.1, -0.05) is 19.9 Å². The van der Waals surface area contributed by atoms with Gasteiger partial charge in [0.2, 0.25) is 0 Å². The minimum atomic E-state index is -0.777. The average Bonchev–Trinajstić information content (AvgIpc) is 2.33. The molecule has 0 spiro atoms. The lowest BCUT2D eigenvalue weighted by Crippen LogP contribution is -2.30. The highest BCUT2D eigenvalue weighted by atomic mass is 16.5. The molecule has 1 aromatic carbocycles. The van der Waals surface area contributed by atoms with Crippen molar-refractivity contribution in [2.75, 3.05) is 25.1 Å². The maximum absolute atomic E-state index is 10.8. The van der Waals surface area contributed by atoms with E-state index < -0.39 is 5.97 Å². The van der Waals surface area contributed by atoms with Crippen LogP contribution < -0.4 is 9.64 Å². The van der Waals surface area contributed by atoms with Gasteiger partial charge in [0.25, 0.3) is 0 Å². The molecule has 0 atom stereocenters. The van der Waals surface area contributed by atoms with Gasteiger partial charge >= 0.3 is 5.97 Å². The molecule has 0 radical (unpaired) electrons. The number of carboxylic acids is 1. The van der Waals surface area contributed by atoms with Gasteiger partial charge in [0.05, 0.1) is 19.2 Å². The Kier molecular flexibility index (Phi) is 5.67. The van der Waals surface area contributed by atoms with Crippen LogP contribution in [-0.2, 0) is 4.79 Å². The van der Waals surface area contributed by atoms with Crippen molar-refractivity contribution in [1.82, 2.24) is 0 Å². The lowest BCUT2D eigenvalue weighted by atomic mass is 10.1. The molecule has 1 rings (SSSR count). The summed E-state index contributed by atoms with van der Waals surface area (Å²) in [4.78, 5) is 12.9. The summed E-state index contributed by atoms with van der Waals surface area (Å²) in [5.41, 5.74) is 2.11. The Balaban J connectivity index is 3.00. The van der Waals surface area contributed by atoms with Gasteiger partial charge in [0, 0.05) is 13.1 Å². The lowest BCUT2D eigenvalue weighted by molar-refractivity contribution is -0.136. The number of methoxy groups -OCH3 is 1. The van der Waals surface area contributed by atoms with E-state index in [0.717, 1.165) is 23.5 Å². The van der Waals surface area contributed by atoms with Crippen molar-refractivity contribution in [3.63, 3.8) is 0 Å². The summed E-state index contributed by atoms with van der Waals surface area (Å²) >= 11 is 0. The highest BCUT2D eigenvalue weighted by Crippen LogP contribution is 2.30. The molecule has 0 amide bonds. The van der Waals surface area contributed by atoms with Gasteiger partial charge in [-0.15, -0.1) is 0 Å². The molecule has 4 heteroatoms. The molecule has 1 aromatic rings. The van der Waals surface area contributed by atoms with Gasteiger partial charge in [-0.2, -0.15) is 0 Å². The van der Waals surface area contributed by atoms with Crippen molar-refractivity contribution in [1.29, 1.82) is 0 Å². The summed E-state index contributed by atoms with van der Waals surface area (Å²) in [6, 6.07) is 5.97. The van der Waals surface area contributed by atoms with Crippen molar-refractivity contribution in [2.24, 2.45) is 5.92 Å². The van der Waals surface area contributed by atoms with E-state index in [2.05, 4.69) is 18.7 Å². The summed E-state index contributed by atoms with van der Waals surface area (Å²) < 4.78 is 5.38. The number of ether oxygens (including phenoxy) is 1. The standard InChI is InChI=1S/C15H23NO3/c1-11(2)10-16(8-7-15(17)18)13-9-12(3)5-6-14(13)19-4/h5-6,9,11H,7-8,10H2,1-4H3,(H,17,18). The van der Waals surface area contributed by atoms with Crippen LogP contribution in [0.3, 0.4) is 0 Å². The fourth-order valence-corrected chi connectivity index (χ4v) is 2.03. The third kappa shape index (κ3) is 4.81. The summed E-state index contributed by atoms with van der Waals surface area (Å²) in [6.45, 7) is 7.57. The Bertz CT molecular complexity index is 429. The van der Waals surface area contributed by atoms with E-state index in [1.54, 1.807) is 7.11 Å². The SMILES string of the molecule is COc1ccc(C)cc1N(CCC(=O)O)CC(C)C. The predicted octanol–water partition coefficient (Wildman–Crippen LogP) is 2.94. The van der Waals surface area contributed by atoms with Crippen LogP contribution in [0.5, 0.6) is 5.75 Å². The van der Waals surface area contributed by atoms with Gasteiger partial charge in [0.1, 0.15) is 5.75 Å². The third-order valence-electron chi connectivity index (χ3n) is 2.86. The average molecular weight is 265 g/mol. The maximum atomic E-state index is 10.8. The van der Waals surface area contributed by atoms with E-state index in [-0.39, 0.29) is 6.42 Å². The molecule has 4 nitrogen and oxygen atoms in total. The zero-order valence-electron chi connectivity index (χ0n) is 12.1. The Morgan fingerprint density at radius 1 is 1.42 bits per heavy atom. The first-order chi connectivity index (χ1) is 8.93. The minimum absolute atomic E-state index is 0.129. The largest absolute Gasteiger partial charge is 0.495 e. The highest BCUT2D eigenvalue weighted by Gasteiger charge is 2.15. The number of nitrogens with zero attached hydrogens (tertiary/aromatic N) is 1. The monoisotopic (exact) mass is 265 g/mol. The molecule has 0 saturated carbocycles. The molecule has 0 fully saturated rings. The van der Waals surface area contributed by atoms with Gasteiger partial charge in [0.15, 0.2) is 0 Å². The number of carboxylic acid groups (broad SMARTS) is 1. The second-order valence-corrected chi connectivity index (χ2v) is 5.16. The molecule has 1 N–H and O–H groups in total. The molecule has 106 valence electrons. The second-order valence-electron chi connectivity index (χ2n) is 5.16. The van der Waals surface area contributed by atoms with Crippen LogP contribution in [0.2, 0.25) is 0 Å². The van der Waals surface area contributed by atoms with Gasteiger partial charge in [-0.05, 0) is 30.5 Å². The van der Waals surface area contributed by atoms with Crippen LogP contribution in [0.15, 0.2) is 18.2 Å². The molecule has 0 aromatic heterocycles. The number of aryl methyl sites for hydroxylation is 1. The predicted molar refractivity (Wildman–Crippen MR) is 77.0 cm³/mol. The molecule has 19 heavy (non-hydrogen) atoms. The lowest BCUT2D eigenvalue weighted by Gasteiger charge is -2.28. The number of hydrogen-bond donors (Lipinski definition) is 1. The number of benzene rings is 1. The van der Waals surface area contributed by atoms with Gasteiger partial charge in [-0.25, -0.2) is 0 Å². The molecule has 0 aliphatic rings. The number of carbonyl (C=O) groups is 1. The van der Waals surface area contributed by atoms with Crippen molar-refractivity contribution < 1.29 is 14.6 Å². The summed E-state index contributed by atoms with van der Waals surface area (Å²) in [6.07, 6.45) is 0.129. The molecule has 0 heterocycles. The van der Waals surface area contributed by atoms with E-state index in [4.69, 9.17) is 9.84 Å². The van der Waals surface area contributed by atoms with Gasteiger partial charge in [-0.3, -0.25) is 4.79 Å². The van der Waals surface area contributed by atoms with Crippen LogP contribution in [-0.4, -0.2) is 31.3 Å². The van der Waals surface area contributed by atoms with Crippen LogP contribution in [0.25, 0.3) is 0 Å². The van der Waals surface area contributed by atoms with Crippen LogP contribution in [0, 0.1) is 12.8 Å². The zero-order chi connectivity index (χ0) is 14.4. The smallest absolute Gasteiger partial charge is 0.305 e. The molecule has 0 bridgehead atoms. The molecule has 0 aliphatic carbocycles. The van der Waals surface area contributed by atoms with Crippen molar-refractivity contribution in [3.05, 3.63) is 23.8 Å². The quantitative estimate of drug-likeness (QED) is 0.823. The normalized spacial score (nSPS) is 10.6. The van der Waals surface area contributed by atoms with E-state index in [0.29, 0.717) is 12.5 Å². The summed E-state index contributed by atoms with van der Waals surface area (Å²) in [5.74, 6) is 0.469. The number of hydrogen-bond acceptors (Lipinski definition) is 3. The third-order valence-corrected chi connectivity index (χ3v) is 2.86. The Morgan fingerprint density at radius 3 is 2.63 bits per heavy atom. The molecule has 0 saturated heterocycles. The molecular formula is C15H23NO3. The van der Waals surface area contributed by atoms with Crippen LogP contribution >= 0.6 is 0 Å². The van der Waals surface area contributed by atoms with E-state index in [9.17, 15) is 4.79 Å². The summed E-state index contributed by atoms with van der Waals surface area (Å²) in [5, 5.41) is 8.87. The fraction of sp³-hybridized carbons (Fsp3) is 0.533. The Morgan fingerprint density at radius 2 is 2.11 bits per heavy atom. The second kappa shape index (κ2) is 7.02. The van der Waals surface area contributed by atoms with Crippen molar-refractivity contribution in [2.45, 2.75) is 27.2 Å². The maximum Gasteiger partial charge on any atom is 0.305 e. The zero-order valence-corrected chi connectivity index (χ0v) is 12.1. The first-order valence-corrected chi connectivity index (χ1v) is 6.55. The van der Waals surface area contributed by atoms with Crippen molar-refractivity contribution >= 4 is 11.7 Å². The number of rotatable bonds is 7. The first-order valence-electron chi connectivity index (χ1n) is 6.55. The first kappa shape index (κ1) is 15.3. The van der Waals surface area contributed by atoms with Crippen molar-refractivity contribution in [3.8, 4) is 5.75 Å². The highest BCUT2D eigenvalue weighted by molar-refractivity contribution is 5.68. The molecule has 0 aliphatic heterocycles. The van der Waals surface area contributed by atoms with E-state index >= 15 is 0 Å². The Labute approximate surface area is 115 Å². The number of anilines is 1. The topological polar surface area (TPSA) is 49.8 Å². The van der Waals surface area contributed by atoms with Crippen LogP contribution in [0.4, 0.5) is 5.69 Å². The Hall–Kier alpha value is -1.71. The summed E-state index contributed by atoms with van der Waals surface area (Å²) in [7, 11) is 1.64. The fourth-order valence-electron chi connectivity index (χ4n) is 2.03.